The molecule has 1 fully saturated rings. The molecular formula is C25H31N3O4. The summed E-state index contributed by atoms with van der Waals surface area (Å²) in [7, 11) is 3.92. The van der Waals surface area contributed by atoms with Crippen molar-refractivity contribution in [1.82, 2.24) is 14.8 Å². The highest BCUT2D eigenvalue weighted by Crippen LogP contribution is 2.39. The largest absolute Gasteiger partial charge is 0.507 e. The molecule has 1 aliphatic heterocycles. The lowest BCUT2D eigenvalue weighted by Crippen LogP contribution is -2.32. The summed E-state index contributed by atoms with van der Waals surface area (Å²) in [6.07, 6.45) is 5.99. The van der Waals surface area contributed by atoms with Gasteiger partial charge in [0.25, 0.3) is 11.7 Å². The van der Waals surface area contributed by atoms with Crippen LogP contribution in [0.15, 0.2) is 54.4 Å². The normalized spacial score (nSPS) is 17.9. The summed E-state index contributed by atoms with van der Waals surface area (Å²) in [5.41, 5.74) is 1.25. The van der Waals surface area contributed by atoms with Gasteiger partial charge in [0, 0.05) is 24.5 Å². The Bertz CT molecular complexity index is 955. The highest BCUT2D eigenvalue weighted by molar-refractivity contribution is 6.46. The van der Waals surface area contributed by atoms with Crippen molar-refractivity contribution in [1.29, 1.82) is 0 Å². The second kappa shape index (κ2) is 10.9. The number of ketones is 1. The molecule has 0 saturated carbocycles. The average Bonchev–Trinajstić information content (AvgIpc) is 3.04. The van der Waals surface area contributed by atoms with E-state index in [4.69, 9.17) is 4.74 Å². The minimum atomic E-state index is -0.676. The van der Waals surface area contributed by atoms with Gasteiger partial charge in [-0.2, -0.15) is 0 Å². The van der Waals surface area contributed by atoms with Crippen LogP contribution in [0, 0.1) is 0 Å². The molecule has 2 heterocycles. The van der Waals surface area contributed by atoms with Gasteiger partial charge in [-0.15, -0.1) is 0 Å². The SMILES string of the molecule is CCCCOc1ccc(C(O)=C2C(=O)C(=O)N(CCCN(C)C)[C@@H]2c2cccnc2)cc1. The zero-order chi connectivity index (χ0) is 23.1. The van der Waals surface area contributed by atoms with Gasteiger partial charge in [-0.05, 0) is 69.4 Å². The number of rotatable bonds is 10. The molecule has 0 spiro atoms. The first-order valence-electron chi connectivity index (χ1n) is 11.0. The van der Waals surface area contributed by atoms with Crippen LogP contribution in [0.25, 0.3) is 5.76 Å². The number of nitrogens with zero attached hydrogens (tertiary/aromatic N) is 3. The van der Waals surface area contributed by atoms with Gasteiger partial charge >= 0.3 is 0 Å². The lowest BCUT2D eigenvalue weighted by atomic mass is 9.96. The van der Waals surface area contributed by atoms with Crippen LogP contribution in [0.4, 0.5) is 0 Å². The summed E-state index contributed by atoms with van der Waals surface area (Å²) in [4.78, 5) is 33.6. The van der Waals surface area contributed by atoms with Crippen molar-refractivity contribution in [2.75, 3.05) is 33.8 Å². The Morgan fingerprint density at radius 2 is 1.91 bits per heavy atom. The maximum atomic E-state index is 13.0. The molecule has 0 aliphatic carbocycles. The first kappa shape index (κ1) is 23.5. The summed E-state index contributed by atoms with van der Waals surface area (Å²) >= 11 is 0. The van der Waals surface area contributed by atoms with Crippen molar-refractivity contribution in [3.8, 4) is 5.75 Å². The van der Waals surface area contributed by atoms with E-state index in [1.54, 1.807) is 42.7 Å². The third kappa shape index (κ3) is 5.34. The first-order valence-corrected chi connectivity index (χ1v) is 11.0. The first-order chi connectivity index (χ1) is 15.4. The number of pyridine rings is 1. The van der Waals surface area contributed by atoms with Gasteiger partial charge in [0.1, 0.15) is 11.5 Å². The predicted octanol–water partition coefficient (Wildman–Crippen LogP) is 3.63. The van der Waals surface area contributed by atoms with E-state index in [2.05, 4.69) is 11.9 Å². The molecule has 2 aromatic rings. The number of carbonyl (C=O) groups excluding carboxylic acids is 2. The van der Waals surface area contributed by atoms with Crippen LogP contribution in [-0.2, 0) is 9.59 Å². The molecular weight excluding hydrogens is 406 g/mol. The van der Waals surface area contributed by atoms with Crippen LogP contribution in [0.1, 0.15) is 43.4 Å². The van der Waals surface area contributed by atoms with E-state index >= 15 is 0 Å². The molecule has 1 N–H and O–H groups in total. The molecule has 0 bridgehead atoms. The summed E-state index contributed by atoms with van der Waals surface area (Å²) in [5, 5.41) is 11.1. The van der Waals surface area contributed by atoms with Crippen molar-refractivity contribution in [3.05, 3.63) is 65.5 Å². The quantitative estimate of drug-likeness (QED) is 0.265. The molecule has 1 aromatic heterocycles. The number of benzene rings is 1. The number of unbranched alkanes of at least 4 members (excludes halogenated alkanes) is 1. The van der Waals surface area contributed by atoms with Gasteiger partial charge in [0.2, 0.25) is 0 Å². The minimum Gasteiger partial charge on any atom is -0.507 e. The number of likely N-dealkylation sites (tertiary alicyclic amines) is 1. The van der Waals surface area contributed by atoms with Crippen LogP contribution in [-0.4, -0.2) is 65.4 Å². The lowest BCUT2D eigenvalue weighted by molar-refractivity contribution is -0.139. The third-order valence-electron chi connectivity index (χ3n) is 5.44. The van der Waals surface area contributed by atoms with Crippen molar-refractivity contribution in [2.45, 2.75) is 32.2 Å². The van der Waals surface area contributed by atoms with Crippen LogP contribution in [0.5, 0.6) is 5.75 Å². The number of hydrogen-bond donors (Lipinski definition) is 1. The van der Waals surface area contributed by atoms with E-state index in [-0.39, 0.29) is 11.3 Å². The fraction of sp³-hybridized carbons (Fsp3) is 0.400. The fourth-order valence-corrected chi connectivity index (χ4v) is 3.75. The highest BCUT2D eigenvalue weighted by Gasteiger charge is 2.45. The lowest BCUT2D eigenvalue weighted by Gasteiger charge is -2.25. The molecule has 32 heavy (non-hydrogen) atoms. The van der Waals surface area contributed by atoms with E-state index in [1.807, 2.05) is 25.1 Å². The Morgan fingerprint density at radius 1 is 1.16 bits per heavy atom. The summed E-state index contributed by atoms with van der Waals surface area (Å²) in [5.74, 6) is -0.765. The van der Waals surface area contributed by atoms with Gasteiger partial charge in [-0.3, -0.25) is 14.6 Å². The number of amides is 1. The highest BCUT2D eigenvalue weighted by atomic mass is 16.5. The molecule has 0 radical (unpaired) electrons. The zero-order valence-corrected chi connectivity index (χ0v) is 19.0. The van der Waals surface area contributed by atoms with Crippen LogP contribution in [0.2, 0.25) is 0 Å². The summed E-state index contributed by atoms with van der Waals surface area (Å²) in [6, 6.07) is 9.84. The second-order valence-electron chi connectivity index (χ2n) is 8.16. The van der Waals surface area contributed by atoms with E-state index in [0.29, 0.717) is 36.4 Å². The Balaban J connectivity index is 1.95. The van der Waals surface area contributed by atoms with Gasteiger partial charge < -0.3 is 19.6 Å². The standard InChI is InChI=1S/C25H31N3O4/c1-4-5-16-32-20-11-9-18(10-12-20)23(29)21-22(19-8-6-13-26-17-19)28(25(31)24(21)30)15-7-14-27(2)3/h6,8-13,17,22,29H,4-5,7,14-16H2,1-3H3/t22-/m1/s1. The number of ether oxygens (including phenoxy) is 1. The van der Waals surface area contributed by atoms with Crippen molar-refractivity contribution in [3.63, 3.8) is 0 Å². The van der Waals surface area contributed by atoms with Crippen LogP contribution >= 0.6 is 0 Å². The average molecular weight is 438 g/mol. The summed E-state index contributed by atoms with van der Waals surface area (Å²) < 4.78 is 5.68. The summed E-state index contributed by atoms with van der Waals surface area (Å²) in [6.45, 7) is 3.91. The Kier molecular flexibility index (Phi) is 8.00. The van der Waals surface area contributed by atoms with E-state index in [0.717, 1.165) is 19.4 Å². The molecule has 1 saturated heterocycles. The van der Waals surface area contributed by atoms with Gasteiger partial charge in [-0.1, -0.05) is 19.4 Å². The smallest absolute Gasteiger partial charge is 0.295 e. The number of carbonyl (C=O) groups is 2. The molecule has 7 heteroatoms. The molecule has 1 aliphatic rings. The van der Waals surface area contributed by atoms with Crippen molar-refractivity contribution >= 4 is 17.4 Å². The van der Waals surface area contributed by atoms with E-state index in [1.165, 1.54) is 4.90 Å². The predicted molar refractivity (Wildman–Crippen MR) is 123 cm³/mol. The minimum absolute atomic E-state index is 0.0903. The molecule has 1 atom stereocenters. The van der Waals surface area contributed by atoms with E-state index in [9.17, 15) is 14.7 Å². The molecule has 1 aromatic carbocycles. The second-order valence-corrected chi connectivity index (χ2v) is 8.16. The van der Waals surface area contributed by atoms with E-state index < -0.39 is 17.7 Å². The zero-order valence-electron chi connectivity index (χ0n) is 19.0. The number of aliphatic hydroxyl groups is 1. The van der Waals surface area contributed by atoms with Crippen molar-refractivity contribution < 1.29 is 19.4 Å². The van der Waals surface area contributed by atoms with Crippen LogP contribution < -0.4 is 4.74 Å². The molecule has 0 unspecified atom stereocenters. The van der Waals surface area contributed by atoms with Crippen LogP contribution in [0.3, 0.4) is 0 Å². The topological polar surface area (TPSA) is 83.0 Å². The fourth-order valence-electron chi connectivity index (χ4n) is 3.75. The molecule has 7 nitrogen and oxygen atoms in total. The maximum Gasteiger partial charge on any atom is 0.295 e. The molecule has 170 valence electrons. The maximum absolute atomic E-state index is 13.0. The number of hydrogen-bond acceptors (Lipinski definition) is 6. The monoisotopic (exact) mass is 437 g/mol. The third-order valence-corrected chi connectivity index (χ3v) is 5.44. The Hall–Kier alpha value is -3.19. The number of Topliss-reactive ketones (excluding diaryl/α,β-unsaturated/α-hetero) is 1. The van der Waals surface area contributed by atoms with Gasteiger partial charge in [0.15, 0.2) is 0 Å². The molecule has 3 rings (SSSR count). The molecule has 1 amide bonds. The van der Waals surface area contributed by atoms with Gasteiger partial charge in [0.05, 0.1) is 18.2 Å². The number of aromatic nitrogens is 1. The van der Waals surface area contributed by atoms with Crippen molar-refractivity contribution in [2.24, 2.45) is 0 Å². The Labute approximate surface area is 189 Å². The van der Waals surface area contributed by atoms with Gasteiger partial charge in [-0.25, -0.2) is 0 Å². The number of aliphatic hydroxyl groups excluding tert-OH is 1. The Morgan fingerprint density at radius 3 is 2.53 bits per heavy atom.